The Balaban J connectivity index is 1.35. The monoisotopic (exact) mass is 437 g/mol. The normalized spacial score (nSPS) is 12.1. The summed E-state index contributed by atoms with van der Waals surface area (Å²) in [6, 6.07) is 12.1. The van der Waals surface area contributed by atoms with Crippen LogP contribution in [0, 0.1) is 18.6 Å². The molecule has 1 aliphatic rings. The topological polar surface area (TPSA) is 67.6 Å². The molecule has 3 heterocycles. The molecule has 0 spiro atoms. The number of hydrogen-bond acceptors (Lipinski definition) is 6. The van der Waals surface area contributed by atoms with E-state index in [1.165, 1.54) is 6.92 Å². The maximum atomic E-state index is 14.6. The average Bonchev–Trinajstić information content (AvgIpc) is 3.51. The third-order valence-corrected chi connectivity index (χ3v) is 4.90. The first-order chi connectivity index (χ1) is 15.6. The minimum Gasteiger partial charge on any atom is -0.471 e. The second-order valence-electron chi connectivity index (χ2n) is 7.02. The highest BCUT2D eigenvalue weighted by Crippen LogP contribution is 2.34. The van der Waals surface area contributed by atoms with Gasteiger partial charge >= 0.3 is 0 Å². The lowest BCUT2D eigenvalue weighted by Crippen LogP contribution is -2.05. The summed E-state index contributed by atoms with van der Waals surface area (Å²) < 4.78 is 52.7. The molecule has 162 valence electrons. The summed E-state index contributed by atoms with van der Waals surface area (Å²) in [6.45, 7) is 1.45. The number of hydrogen-bond donors (Lipinski definition) is 0. The van der Waals surface area contributed by atoms with E-state index >= 15 is 0 Å². The van der Waals surface area contributed by atoms with Gasteiger partial charge < -0.3 is 23.5 Å². The molecule has 2 aromatic carbocycles. The molecule has 0 atom stereocenters. The van der Waals surface area contributed by atoms with Gasteiger partial charge in [-0.1, -0.05) is 6.07 Å². The van der Waals surface area contributed by atoms with Crippen LogP contribution in [0.2, 0.25) is 0 Å². The third kappa shape index (κ3) is 3.80. The molecule has 5 rings (SSSR count). The van der Waals surface area contributed by atoms with Crippen molar-refractivity contribution in [3.05, 3.63) is 83.9 Å². The highest BCUT2D eigenvalue weighted by atomic mass is 19.1. The van der Waals surface area contributed by atoms with Gasteiger partial charge in [-0.15, -0.1) is 0 Å². The van der Waals surface area contributed by atoms with Crippen LogP contribution in [-0.4, -0.2) is 21.3 Å². The zero-order chi connectivity index (χ0) is 22.1. The van der Waals surface area contributed by atoms with Crippen molar-refractivity contribution in [3.63, 3.8) is 0 Å². The van der Waals surface area contributed by atoms with E-state index < -0.39 is 11.6 Å². The first-order valence-electron chi connectivity index (χ1n) is 9.71. The lowest BCUT2D eigenvalue weighted by atomic mass is 10.2. The molecule has 0 N–H and O–H groups in total. The Hall–Kier alpha value is -4.14. The van der Waals surface area contributed by atoms with Crippen molar-refractivity contribution >= 4 is 0 Å². The van der Waals surface area contributed by atoms with Crippen LogP contribution in [0.1, 0.15) is 11.1 Å². The van der Waals surface area contributed by atoms with Crippen molar-refractivity contribution in [2.75, 3.05) is 6.79 Å². The molecule has 32 heavy (non-hydrogen) atoms. The van der Waals surface area contributed by atoms with Crippen molar-refractivity contribution in [1.29, 1.82) is 0 Å². The number of nitrogens with zero attached hydrogens (tertiary/aromatic N) is 3. The van der Waals surface area contributed by atoms with E-state index in [4.69, 9.17) is 18.9 Å². The molecule has 0 saturated carbocycles. The van der Waals surface area contributed by atoms with Gasteiger partial charge in [0.05, 0.1) is 6.33 Å². The molecule has 7 nitrogen and oxygen atoms in total. The van der Waals surface area contributed by atoms with Crippen LogP contribution in [0.25, 0.3) is 5.69 Å². The van der Waals surface area contributed by atoms with Gasteiger partial charge in [0, 0.05) is 23.6 Å². The molecular weight excluding hydrogens is 420 g/mol. The molecule has 0 bridgehead atoms. The fourth-order valence-corrected chi connectivity index (χ4v) is 3.16. The van der Waals surface area contributed by atoms with E-state index in [0.717, 1.165) is 11.3 Å². The summed E-state index contributed by atoms with van der Waals surface area (Å²) >= 11 is 0. The molecule has 2 aromatic heterocycles. The fraction of sp³-hybridized carbons (Fsp3) is 0.130. The average molecular weight is 437 g/mol. The maximum absolute atomic E-state index is 14.6. The second-order valence-corrected chi connectivity index (χ2v) is 7.02. The Morgan fingerprint density at radius 1 is 1.00 bits per heavy atom. The molecule has 0 radical (unpaired) electrons. The van der Waals surface area contributed by atoms with Crippen LogP contribution in [0.3, 0.4) is 0 Å². The number of benzene rings is 2. The standard InChI is InChI=1S/C23H17F2N3O4/c1-14-20(24)22(29-11-15-2-7-18-19(10-15)31-13-30-18)27-23(21(14)25)32-17-5-3-16(4-6-17)28-9-8-26-12-28/h2-10,12H,11,13H2,1H3. The smallest absolute Gasteiger partial charge is 0.259 e. The van der Waals surface area contributed by atoms with E-state index in [1.54, 1.807) is 61.2 Å². The Bertz CT molecular complexity index is 1260. The number of ether oxygens (including phenoxy) is 4. The van der Waals surface area contributed by atoms with Crippen LogP contribution in [0.15, 0.2) is 61.2 Å². The molecule has 0 aliphatic carbocycles. The first kappa shape index (κ1) is 19.8. The van der Waals surface area contributed by atoms with E-state index in [-0.39, 0.29) is 30.7 Å². The largest absolute Gasteiger partial charge is 0.471 e. The Morgan fingerprint density at radius 3 is 2.56 bits per heavy atom. The van der Waals surface area contributed by atoms with Crippen LogP contribution in [0.5, 0.6) is 29.0 Å². The maximum Gasteiger partial charge on any atom is 0.259 e. The summed E-state index contributed by atoms with van der Waals surface area (Å²) in [7, 11) is 0. The van der Waals surface area contributed by atoms with Crippen LogP contribution in [-0.2, 0) is 6.61 Å². The minimum atomic E-state index is -0.892. The SMILES string of the molecule is Cc1c(F)c(OCc2ccc3c(c2)OCO3)nc(Oc2ccc(-n3ccnc3)cc2)c1F. The van der Waals surface area contributed by atoms with Gasteiger partial charge in [-0.3, -0.25) is 0 Å². The van der Waals surface area contributed by atoms with Gasteiger partial charge in [0.15, 0.2) is 23.1 Å². The summed E-state index contributed by atoms with van der Waals surface area (Å²) in [5.74, 6) is -0.953. The van der Waals surface area contributed by atoms with E-state index in [9.17, 15) is 8.78 Å². The number of imidazole rings is 1. The molecule has 0 saturated heterocycles. The molecular formula is C23H17F2N3O4. The van der Waals surface area contributed by atoms with E-state index in [1.807, 2.05) is 4.57 Å². The quantitative estimate of drug-likeness (QED) is 0.425. The Kier molecular flexibility index (Phi) is 5.06. The van der Waals surface area contributed by atoms with E-state index in [2.05, 4.69) is 9.97 Å². The lowest BCUT2D eigenvalue weighted by Gasteiger charge is -2.13. The van der Waals surface area contributed by atoms with Crippen molar-refractivity contribution in [2.24, 2.45) is 0 Å². The zero-order valence-electron chi connectivity index (χ0n) is 16.9. The van der Waals surface area contributed by atoms with Crippen molar-refractivity contribution in [1.82, 2.24) is 14.5 Å². The molecule has 9 heteroatoms. The molecule has 0 unspecified atom stereocenters. The Morgan fingerprint density at radius 2 is 1.78 bits per heavy atom. The van der Waals surface area contributed by atoms with Crippen LogP contribution in [0.4, 0.5) is 8.78 Å². The summed E-state index contributed by atoms with van der Waals surface area (Å²) in [6.07, 6.45) is 5.12. The molecule has 0 fully saturated rings. The van der Waals surface area contributed by atoms with Gasteiger partial charge in [0.2, 0.25) is 6.79 Å². The van der Waals surface area contributed by atoms with Crippen LogP contribution >= 0.6 is 0 Å². The highest BCUT2D eigenvalue weighted by Gasteiger charge is 2.21. The third-order valence-electron chi connectivity index (χ3n) is 4.90. The lowest BCUT2D eigenvalue weighted by molar-refractivity contribution is 0.174. The Labute approximate surface area is 181 Å². The van der Waals surface area contributed by atoms with Crippen LogP contribution < -0.4 is 18.9 Å². The van der Waals surface area contributed by atoms with Gasteiger partial charge in [0.1, 0.15) is 12.4 Å². The number of halogens is 2. The number of aromatic nitrogens is 3. The van der Waals surface area contributed by atoms with Gasteiger partial charge in [-0.2, -0.15) is 4.98 Å². The minimum absolute atomic E-state index is 0.00464. The number of fused-ring (bicyclic) bond motifs is 1. The summed E-state index contributed by atoms with van der Waals surface area (Å²) in [5.41, 5.74) is 1.33. The molecule has 1 aliphatic heterocycles. The predicted molar refractivity (Wildman–Crippen MR) is 109 cm³/mol. The number of pyridine rings is 1. The second kappa shape index (κ2) is 8.18. The predicted octanol–water partition coefficient (Wildman–Crippen LogP) is 4.95. The van der Waals surface area contributed by atoms with Crippen molar-refractivity contribution < 1.29 is 27.7 Å². The first-order valence-corrected chi connectivity index (χ1v) is 9.71. The zero-order valence-corrected chi connectivity index (χ0v) is 16.9. The van der Waals surface area contributed by atoms with E-state index in [0.29, 0.717) is 17.2 Å². The van der Waals surface area contributed by atoms with Gasteiger partial charge in [0.25, 0.3) is 11.8 Å². The fourth-order valence-electron chi connectivity index (χ4n) is 3.16. The summed E-state index contributed by atoms with van der Waals surface area (Å²) in [4.78, 5) is 7.92. The molecule has 4 aromatic rings. The molecule has 0 amide bonds. The van der Waals surface area contributed by atoms with Gasteiger partial charge in [-0.25, -0.2) is 13.8 Å². The number of rotatable bonds is 6. The van der Waals surface area contributed by atoms with Gasteiger partial charge in [-0.05, 0) is 48.9 Å². The highest BCUT2D eigenvalue weighted by molar-refractivity contribution is 5.44. The van der Waals surface area contributed by atoms with Crippen molar-refractivity contribution in [2.45, 2.75) is 13.5 Å². The summed E-state index contributed by atoms with van der Waals surface area (Å²) in [5, 5.41) is 0. The van der Waals surface area contributed by atoms with Crippen molar-refractivity contribution in [3.8, 4) is 34.7 Å².